The molecule has 19 heavy (non-hydrogen) atoms. The number of nitrogens with one attached hydrogen (secondary N) is 1. The molecule has 0 aliphatic rings. The van der Waals surface area contributed by atoms with Crippen molar-refractivity contribution >= 4 is 17.9 Å². The maximum Gasteiger partial charge on any atom is 0.354 e. The van der Waals surface area contributed by atoms with Crippen LogP contribution in [-0.4, -0.2) is 30.8 Å². The molecule has 1 aromatic rings. The van der Waals surface area contributed by atoms with Gasteiger partial charge < -0.3 is 15.5 Å². The number of aromatic nitrogens is 1. The minimum Gasteiger partial charge on any atom is -0.464 e. The van der Waals surface area contributed by atoms with Crippen molar-refractivity contribution in [1.82, 2.24) is 4.98 Å². The van der Waals surface area contributed by atoms with Gasteiger partial charge in [0.1, 0.15) is 5.69 Å². The summed E-state index contributed by atoms with van der Waals surface area (Å²) in [6.07, 6.45) is 5.05. The first-order chi connectivity index (χ1) is 9.11. The van der Waals surface area contributed by atoms with Crippen molar-refractivity contribution in [3.63, 3.8) is 0 Å². The quantitative estimate of drug-likeness (QED) is 0.648. The highest BCUT2D eigenvalue weighted by Crippen LogP contribution is 2.18. The monoisotopic (exact) mass is 265 g/mol. The Labute approximate surface area is 114 Å². The molecule has 5 heteroatoms. The molecule has 0 atom stereocenters. The summed E-state index contributed by atoms with van der Waals surface area (Å²) in [6, 6.07) is 0. The molecule has 0 fully saturated rings. The summed E-state index contributed by atoms with van der Waals surface area (Å²) in [4.78, 5) is 18.3. The number of nitrogens with zero attached hydrogens (tertiary/aromatic N) is 1. The van der Waals surface area contributed by atoms with E-state index >= 15 is 0 Å². The number of carbonyl (C=O) groups is 1. The van der Waals surface area contributed by atoms with Gasteiger partial charge in [-0.25, -0.2) is 4.79 Å². The molecular formula is C14H23N3O2. The van der Waals surface area contributed by atoms with Gasteiger partial charge in [0, 0.05) is 30.2 Å². The SMILES string of the molecule is CC.CCN=C/C=C(\N)c1c[nH]c(C(=O)OC)c1C. The number of aliphatic imine (C=N–C) groups is 1. The minimum absolute atomic E-state index is 0.399. The lowest BCUT2D eigenvalue weighted by atomic mass is 10.1. The molecule has 0 aromatic carbocycles. The molecule has 5 nitrogen and oxygen atoms in total. The van der Waals surface area contributed by atoms with Gasteiger partial charge in [-0.15, -0.1) is 0 Å². The topological polar surface area (TPSA) is 80.5 Å². The fraction of sp³-hybridized carbons (Fsp3) is 0.429. The number of carbonyl (C=O) groups excluding carboxylic acids is 1. The fourth-order valence-electron chi connectivity index (χ4n) is 1.44. The second kappa shape index (κ2) is 8.97. The molecule has 0 saturated carbocycles. The van der Waals surface area contributed by atoms with Gasteiger partial charge in [-0.3, -0.25) is 4.99 Å². The Morgan fingerprint density at radius 2 is 2.16 bits per heavy atom. The maximum absolute atomic E-state index is 11.4. The van der Waals surface area contributed by atoms with Crippen molar-refractivity contribution in [2.75, 3.05) is 13.7 Å². The van der Waals surface area contributed by atoms with Gasteiger partial charge in [0.25, 0.3) is 0 Å². The Kier molecular flexibility index (Phi) is 8.00. The molecule has 0 aliphatic carbocycles. The number of ether oxygens (including phenoxy) is 1. The number of methoxy groups -OCH3 is 1. The van der Waals surface area contributed by atoms with Gasteiger partial charge in [-0.1, -0.05) is 13.8 Å². The van der Waals surface area contributed by atoms with Crippen molar-refractivity contribution in [2.24, 2.45) is 10.7 Å². The van der Waals surface area contributed by atoms with Crippen molar-refractivity contribution < 1.29 is 9.53 Å². The van der Waals surface area contributed by atoms with Crippen LogP contribution in [0, 0.1) is 6.92 Å². The van der Waals surface area contributed by atoms with Gasteiger partial charge >= 0.3 is 5.97 Å². The molecule has 0 saturated heterocycles. The number of allylic oxidation sites excluding steroid dienone is 1. The molecule has 1 heterocycles. The van der Waals surface area contributed by atoms with Crippen LogP contribution in [0.2, 0.25) is 0 Å². The van der Waals surface area contributed by atoms with E-state index in [0.717, 1.165) is 11.1 Å². The summed E-state index contributed by atoms with van der Waals surface area (Å²) in [5.74, 6) is -0.399. The van der Waals surface area contributed by atoms with E-state index in [4.69, 9.17) is 5.73 Å². The van der Waals surface area contributed by atoms with E-state index in [1.165, 1.54) is 7.11 Å². The standard InChI is InChI=1S/C12H17N3O2.C2H6/c1-4-14-6-5-10(13)9-7-15-11(8(9)2)12(16)17-3;1-2/h5-7,15H,4,13H2,1-3H3;1-2H3/b10-5-,14-6?;. The van der Waals surface area contributed by atoms with Crippen molar-refractivity contribution in [1.29, 1.82) is 0 Å². The first-order valence-electron chi connectivity index (χ1n) is 6.34. The number of rotatable bonds is 4. The summed E-state index contributed by atoms with van der Waals surface area (Å²) in [5.41, 5.74) is 8.43. The average molecular weight is 265 g/mol. The van der Waals surface area contributed by atoms with E-state index in [1.807, 2.05) is 27.7 Å². The predicted octanol–water partition coefficient (Wildman–Crippen LogP) is 2.53. The lowest BCUT2D eigenvalue weighted by molar-refractivity contribution is 0.0594. The number of nitrogens with two attached hydrogens (primary N) is 1. The van der Waals surface area contributed by atoms with Gasteiger partial charge in [0.05, 0.1) is 7.11 Å². The lowest BCUT2D eigenvalue weighted by Crippen LogP contribution is -2.04. The van der Waals surface area contributed by atoms with Crippen LogP contribution < -0.4 is 5.73 Å². The molecule has 0 unspecified atom stereocenters. The molecule has 1 rings (SSSR count). The largest absolute Gasteiger partial charge is 0.464 e. The van der Waals surface area contributed by atoms with E-state index in [2.05, 4.69) is 14.7 Å². The zero-order chi connectivity index (χ0) is 14.8. The summed E-state index contributed by atoms with van der Waals surface area (Å²) in [5, 5.41) is 0. The third kappa shape index (κ3) is 4.62. The van der Waals surface area contributed by atoms with E-state index < -0.39 is 5.97 Å². The van der Waals surface area contributed by atoms with E-state index in [0.29, 0.717) is 17.9 Å². The van der Waals surface area contributed by atoms with Crippen LogP contribution in [0.15, 0.2) is 17.3 Å². The minimum atomic E-state index is -0.399. The summed E-state index contributed by atoms with van der Waals surface area (Å²) < 4.78 is 4.65. The molecule has 3 N–H and O–H groups in total. The molecule has 0 bridgehead atoms. The van der Waals surface area contributed by atoms with Crippen LogP contribution in [0.1, 0.15) is 42.4 Å². The Balaban J connectivity index is 0.00000154. The smallest absolute Gasteiger partial charge is 0.354 e. The Morgan fingerprint density at radius 3 is 2.68 bits per heavy atom. The maximum atomic E-state index is 11.4. The van der Waals surface area contributed by atoms with Crippen molar-refractivity contribution in [2.45, 2.75) is 27.7 Å². The Morgan fingerprint density at radius 1 is 1.53 bits per heavy atom. The Hall–Kier alpha value is -2.04. The first kappa shape index (κ1) is 17.0. The summed E-state index contributed by atoms with van der Waals surface area (Å²) in [6.45, 7) is 8.47. The van der Waals surface area contributed by atoms with Gasteiger partial charge in [0.15, 0.2) is 0 Å². The number of H-pyrrole nitrogens is 1. The van der Waals surface area contributed by atoms with E-state index in [9.17, 15) is 4.79 Å². The third-order valence-electron chi connectivity index (χ3n) is 2.38. The lowest BCUT2D eigenvalue weighted by Gasteiger charge is -2.00. The van der Waals surface area contributed by atoms with E-state index in [-0.39, 0.29) is 0 Å². The van der Waals surface area contributed by atoms with Crippen LogP contribution in [0.4, 0.5) is 0 Å². The van der Waals surface area contributed by atoms with E-state index in [1.54, 1.807) is 18.5 Å². The molecule has 0 aliphatic heterocycles. The Bertz CT molecular complexity index is 459. The van der Waals surface area contributed by atoms with Gasteiger partial charge in [0.2, 0.25) is 0 Å². The zero-order valence-corrected chi connectivity index (χ0v) is 12.3. The van der Waals surface area contributed by atoms with Crippen LogP contribution in [0.25, 0.3) is 5.70 Å². The molecule has 0 radical (unpaired) electrons. The van der Waals surface area contributed by atoms with Crippen LogP contribution in [0.3, 0.4) is 0 Å². The van der Waals surface area contributed by atoms with Crippen LogP contribution >= 0.6 is 0 Å². The molecular weight excluding hydrogens is 242 g/mol. The molecule has 0 spiro atoms. The van der Waals surface area contributed by atoms with Gasteiger partial charge in [-0.05, 0) is 25.5 Å². The highest BCUT2D eigenvalue weighted by atomic mass is 16.5. The number of aromatic amines is 1. The average Bonchev–Trinajstić information content (AvgIpc) is 2.82. The molecule has 0 amide bonds. The van der Waals surface area contributed by atoms with Gasteiger partial charge in [-0.2, -0.15) is 0 Å². The summed E-state index contributed by atoms with van der Waals surface area (Å²) in [7, 11) is 1.34. The predicted molar refractivity (Wildman–Crippen MR) is 79.4 cm³/mol. The molecule has 106 valence electrons. The second-order valence-corrected chi connectivity index (χ2v) is 3.46. The van der Waals surface area contributed by atoms with Crippen LogP contribution in [-0.2, 0) is 4.74 Å². The first-order valence-corrected chi connectivity index (χ1v) is 6.34. The van der Waals surface area contributed by atoms with Crippen molar-refractivity contribution in [3.8, 4) is 0 Å². The van der Waals surface area contributed by atoms with Crippen LogP contribution in [0.5, 0.6) is 0 Å². The fourth-order valence-corrected chi connectivity index (χ4v) is 1.44. The third-order valence-corrected chi connectivity index (χ3v) is 2.38. The zero-order valence-electron chi connectivity index (χ0n) is 12.3. The number of hydrogen-bond acceptors (Lipinski definition) is 4. The second-order valence-electron chi connectivity index (χ2n) is 3.46. The number of hydrogen-bond donors (Lipinski definition) is 2. The number of esters is 1. The van der Waals surface area contributed by atoms with Crippen molar-refractivity contribution in [3.05, 3.63) is 29.1 Å². The normalized spacial score (nSPS) is 11.1. The highest BCUT2D eigenvalue weighted by molar-refractivity contribution is 5.92. The highest BCUT2D eigenvalue weighted by Gasteiger charge is 2.15. The molecule has 1 aromatic heterocycles. The summed E-state index contributed by atoms with van der Waals surface area (Å²) >= 11 is 0.